The Balaban J connectivity index is 2.25. The van der Waals surface area contributed by atoms with E-state index in [4.69, 9.17) is 4.43 Å². The van der Waals surface area contributed by atoms with Gasteiger partial charge >= 0.3 is 0 Å². The van der Waals surface area contributed by atoms with Crippen LogP contribution in [0.4, 0.5) is 5.69 Å². The lowest BCUT2D eigenvalue weighted by Crippen LogP contribution is -2.11. The molecule has 1 heterocycles. The van der Waals surface area contributed by atoms with Gasteiger partial charge in [-0.05, 0) is 32.2 Å². The van der Waals surface area contributed by atoms with E-state index in [0.29, 0.717) is 0 Å². The van der Waals surface area contributed by atoms with Crippen molar-refractivity contribution >= 4 is 20.9 Å². The molecule has 0 unspecified atom stereocenters. The van der Waals surface area contributed by atoms with Crippen molar-refractivity contribution in [1.82, 2.24) is 9.78 Å². The molecule has 0 fully saturated rings. The third-order valence-corrected chi connectivity index (χ3v) is 3.42. The summed E-state index contributed by atoms with van der Waals surface area (Å²) in [6.45, 7) is 6.24. The van der Waals surface area contributed by atoms with Gasteiger partial charge in [-0.25, -0.2) is 0 Å². The van der Waals surface area contributed by atoms with Crippen LogP contribution in [-0.4, -0.2) is 25.0 Å². The van der Waals surface area contributed by atoms with Crippen molar-refractivity contribution in [2.45, 2.75) is 20.0 Å². The van der Waals surface area contributed by atoms with E-state index in [0.717, 1.165) is 22.7 Å². The van der Waals surface area contributed by atoms with Crippen LogP contribution in [0.15, 0.2) is 35.5 Å². The molecule has 0 saturated carbocycles. The number of aromatic nitrogens is 2. The summed E-state index contributed by atoms with van der Waals surface area (Å²) in [7, 11) is 1.14. The van der Waals surface area contributed by atoms with E-state index in [1.165, 1.54) is 0 Å². The molecule has 0 atom stereocenters. The van der Waals surface area contributed by atoms with E-state index in [9.17, 15) is 0 Å². The molecule has 2 rings (SSSR count). The van der Waals surface area contributed by atoms with Crippen molar-refractivity contribution in [3.05, 3.63) is 41.7 Å². The van der Waals surface area contributed by atoms with Gasteiger partial charge in [0.25, 0.3) is 9.04 Å². The highest BCUT2D eigenvalue weighted by atomic mass is 28.3. The van der Waals surface area contributed by atoms with Crippen LogP contribution in [0.25, 0.3) is 0 Å². The van der Waals surface area contributed by atoms with Crippen LogP contribution in [-0.2, 0) is 7.05 Å². The summed E-state index contributed by atoms with van der Waals surface area (Å²) in [6, 6.07) is 7.85. The molecule has 1 aromatic heterocycles. The number of aliphatic imine (C=N–C) groups is 1. The number of hydrogen-bond donors (Lipinski definition) is 0. The molecule has 1 aromatic carbocycles. The Labute approximate surface area is 115 Å². The summed E-state index contributed by atoms with van der Waals surface area (Å²) < 4.78 is 7.67. The van der Waals surface area contributed by atoms with Gasteiger partial charge in [-0.1, -0.05) is 12.1 Å². The van der Waals surface area contributed by atoms with E-state index in [1.807, 2.05) is 55.3 Å². The van der Waals surface area contributed by atoms with Gasteiger partial charge in [0.1, 0.15) is 11.4 Å². The molecule has 0 spiro atoms. The molecule has 0 aliphatic carbocycles. The molecule has 99 valence electrons. The van der Waals surface area contributed by atoms with Crippen LogP contribution in [0.5, 0.6) is 5.75 Å². The predicted octanol–water partition coefficient (Wildman–Crippen LogP) is 3.11. The van der Waals surface area contributed by atoms with Crippen LogP contribution in [0.3, 0.4) is 0 Å². The van der Waals surface area contributed by atoms with Gasteiger partial charge in [0, 0.05) is 24.5 Å². The maximum atomic E-state index is 5.84. The standard InChI is InChI=1S/C14H18N3OSi/c1-11-12(10-16-17(11)2)9-15-13-7-5-6-8-14(13)18-19(3)4/h5-10H,1-4H3. The number of aryl methyl sites for hydroxylation is 1. The van der Waals surface area contributed by atoms with Crippen LogP contribution in [0, 0.1) is 6.92 Å². The monoisotopic (exact) mass is 272 g/mol. The largest absolute Gasteiger partial charge is 0.541 e. The van der Waals surface area contributed by atoms with Crippen molar-refractivity contribution in [3.63, 3.8) is 0 Å². The van der Waals surface area contributed by atoms with Gasteiger partial charge in [-0.3, -0.25) is 9.67 Å². The molecule has 0 bridgehead atoms. The molecule has 4 nitrogen and oxygen atoms in total. The molecule has 0 aliphatic rings. The molecule has 5 heteroatoms. The third-order valence-electron chi connectivity index (χ3n) is 2.80. The highest BCUT2D eigenvalue weighted by Gasteiger charge is 2.05. The van der Waals surface area contributed by atoms with Crippen molar-refractivity contribution in [2.75, 3.05) is 0 Å². The lowest BCUT2D eigenvalue weighted by Gasteiger charge is -2.10. The molecule has 1 radical (unpaired) electrons. The van der Waals surface area contributed by atoms with Crippen LogP contribution in [0.1, 0.15) is 11.3 Å². The average Bonchev–Trinajstić information content (AvgIpc) is 2.68. The Kier molecular flexibility index (Phi) is 4.16. The lowest BCUT2D eigenvalue weighted by molar-refractivity contribution is 0.582. The molecule has 0 amide bonds. The van der Waals surface area contributed by atoms with E-state index in [-0.39, 0.29) is 0 Å². The van der Waals surface area contributed by atoms with Crippen molar-refractivity contribution in [1.29, 1.82) is 0 Å². The number of benzene rings is 1. The summed E-state index contributed by atoms with van der Waals surface area (Å²) in [4.78, 5) is 4.52. The number of para-hydroxylation sites is 2. The number of hydrogen-bond acceptors (Lipinski definition) is 3. The maximum Gasteiger partial charge on any atom is 0.274 e. The Hall–Kier alpha value is -1.88. The first-order valence-corrected chi connectivity index (χ1v) is 8.58. The molecular weight excluding hydrogens is 254 g/mol. The molecule has 0 saturated heterocycles. The minimum atomic E-state index is -0.785. The zero-order chi connectivity index (χ0) is 13.8. The second-order valence-electron chi connectivity index (χ2n) is 4.55. The van der Waals surface area contributed by atoms with E-state index in [2.05, 4.69) is 23.2 Å². The molecular formula is C14H18N3OSi. The first-order valence-electron chi connectivity index (χ1n) is 6.17. The second kappa shape index (κ2) is 5.84. The average molecular weight is 272 g/mol. The summed E-state index contributed by atoms with van der Waals surface area (Å²) in [5, 5.41) is 4.20. The summed E-state index contributed by atoms with van der Waals surface area (Å²) in [6.07, 6.45) is 3.65. The predicted molar refractivity (Wildman–Crippen MR) is 79.8 cm³/mol. The van der Waals surface area contributed by atoms with Crippen LogP contribution in [0.2, 0.25) is 13.1 Å². The zero-order valence-electron chi connectivity index (χ0n) is 11.7. The smallest absolute Gasteiger partial charge is 0.274 e. The molecule has 0 N–H and O–H groups in total. The third kappa shape index (κ3) is 3.32. The lowest BCUT2D eigenvalue weighted by atomic mass is 10.2. The van der Waals surface area contributed by atoms with Crippen molar-refractivity contribution < 1.29 is 4.43 Å². The van der Waals surface area contributed by atoms with Gasteiger partial charge < -0.3 is 4.43 Å². The quantitative estimate of drug-likeness (QED) is 0.633. The first-order chi connectivity index (χ1) is 9.08. The van der Waals surface area contributed by atoms with E-state index in [1.54, 1.807) is 0 Å². The van der Waals surface area contributed by atoms with Gasteiger partial charge in [0.2, 0.25) is 0 Å². The van der Waals surface area contributed by atoms with Gasteiger partial charge in [0.15, 0.2) is 0 Å². The topological polar surface area (TPSA) is 39.4 Å². The molecule has 0 aliphatic heterocycles. The van der Waals surface area contributed by atoms with E-state index < -0.39 is 9.04 Å². The maximum absolute atomic E-state index is 5.84. The fourth-order valence-corrected chi connectivity index (χ4v) is 2.26. The highest BCUT2D eigenvalue weighted by molar-refractivity contribution is 6.49. The Morgan fingerprint density at radius 1 is 1.32 bits per heavy atom. The Morgan fingerprint density at radius 3 is 2.68 bits per heavy atom. The van der Waals surface area contributed by atoms with Gasteiger partial charge in [0.05, 0.1) is 6.20 Å². The second-order valence-corrected chi connectivity index (χ2v) is 6.57. The Bertz CT molecular complexity index is 590. The normalized spacial score (nSPS) is 11.4. The SMILES string of the molecule is Cc1c(C=Nc2ccccc2O[Si](C)C)cnn1C. The minimum absolute atomic E-state index is 0.785. The minimum Gasteiger partial charge on any atom is -0.541 e. The van der Waals surface area contributed by atoms with Gasteiger partial charge in [-0.15, -0.1) is 0 Å². The first kappa shape index (κ1) is 13.5. The van der Waals surface area contributed by atoms with Gasteiger partial charge in [-0.2, -0.15) is 5.10 Å². The zero-order valence-corrected chi connectivity index (χ0v) is 12.7. The summed E-state index contributed by atoms with van der Waals surface area (Å²) in [5.74, 6) is 0.846. The molecule has 19 heavy (non-hydrogen) atoms. The van der Waals surface area contributed by atoms with Crippen molar-refractivity contribution in [2.24, 2.45) is 12.0 Å². The summed E-state index contributed by atoms with van der Waals surface area (Å²) >= 11 is 0. The fraction of sp³-hybridized carbons (Fsp3) is 0.286. The number of nitrogens with zero attached hydrogens (tertiary/aromatic N) is 3. The fourth-order valence-electron chi connectivity index (χ4n) is 1.65. The van der Waals surface area contributed by atoms with Crippen LogP contribution >= 0.6 is 0 Å². The summed E-state index contributed by atoms with van der Waals surface area (Å²) in [5.41, 5.74) is 2.98. The number of rotatable bonds is 4. The highest BCUT2D eigenvalue weighted by Crippen LogP contribution is 2.27. The molecule has 2 aromatic rings. The van der Waals surface area contributed by atoms with E-state index >= 15 is 0 Å². The van der Waals surface area contributed by atoms with Crippen molar-refractivity contribution in [3.8, 4) is 5.75 Å². The van der Waals surface area contributed by atoms with Crippen LogP contribution < -0.4 is 4.43 Å². The Morgan fingerprint density at radius 2 is 2.05 bits per heavy atom.